The number of ketones is 1. The molecule has 0 unspecified atom stereocenters. The molecule has 0 atom stereocenters. The molecule has 3 heteroatoms. The monoisotopic (exact) mass is 337 g/mol. The fourth-order valence-corrected chi connectivity index (χ4v) is 3.27. The number of unbranched alkanes of at least 4 members (excludes halogenated alkanes) is 14. The smallest absolute Gasteiger partial charge is 0.253 e. The Bertz CT molecular complexity index is 339. The maximum atomic E-state index is 11.7. The van der Waals surface area contributed by atoms with Crippen LogP contribution in [0.1, 0.15) is 110 Å². The number of nitrogens with zero attached hydrogens (tertiary/aromatic N) is 1. The molecule has 0 bridgehead atoms. The molecule has 140 valence electrons. The third kappa shape index (κ3) is 11.6. The molecular formula is C21H39NO2. The van der Waals surface area contributed by atoms with Gasteiger partial charge in [-0.2, -0.15) is 0 Å². The Kier molecular flexibility index (Phi) is 13.8. The van der Waals surface area contributed by atoms with Gasteiger partial charge in [0.05, 0.1) is 6.54 Å². The minimum Gasteiger partial charge on any atom is -0.473 e. The SMILES string of the molecule is CCCCCCCCCCCCCCCCCC(=O)C1=NCCO1. The Morgan fingerprint density at radius 1 is 0.792 bits per heavy atom. The Labute approximate surface area is 149 Å². The molecule has 3 nitrogen and oxygen atoms in total. The number of ether oxygens (including phenoxy) is 1. The van der Waals surface area contributed by atoms with Gasteiger partial charge in [-0.05, 0) is 6.42 Å². The van der Waals surface area contributed by atoms with E-state index < -0.39 is 0 Å². The van der Waals surface area contributed by atoms with Crippen LogP contribution in [0.25, 0.3) is 0 Å². The summed E-state index contributed by atoms with van der Waals surface area (Å²) in [5.74, 6) is 0.475. The lowest BCUT2D eigenvalue weighted by atomic mass is 10.0. The zero-order chi connectivity index (χ0) is 17.3. The minimum atomic E-state index is 0.0993. The summed E-state index contributed by atoms with van der Waals surface area (Å²) < 4.78 is 5.19. The van der Waals surface area contributed by atoms with Crippen molar-refractivity contribution in [3.05, 3.63) is 0 Å². The Morgan fingerprint density at radius 2 is 1.25 bits per heavy atom. The van der Waals surface area contributed by atoms with Crippen molar-refractivity contribution in [1.29, 1.82) is 0 Å². The van der Waals surface area contributed by atoms with E-state index in [9.17, 15) is 4.79 Å². The van der Waals surface area contributed by atoms with Gasteiger partial charge in [0, 0.05) is 6.42 Å². The zero-order valence-corrected chi connectivity index (χ0v) is 16.0. The summed E-state index contributed by atoms with van der Waals surface area (Å²) in [4.78, 5) is 15.8. The summed E-state index contributed by atoms with van der Waals surface area (Å²) in [5.41, 5.74) is 0. The molecule has 0 radical (unpaired) electrons. The van der Waals surface area contributed by atoms with Crippen molar-refractivity contribution in [2.45, 2.75) is 110 Å². The average molecular weight is 338 g/mol. The van der Waals surface area contributed by atoms with Gasteiger partial charge in [-0.15, -0.1) is 0 Å². The lowest BCUT2D eigenvalue weighted by molar-refractivity contribution is -0.114. The van der Waals surface area contributed by atoms with Crippen LogP contribution in [-0.4, -0.2) is 24.8 Å². The van der Waals surface area contributed by atoms with Crippen molar-refractivity contribution in [2.24, 2.45) is 4.99 Å². The van der Waals surface area contributed by atoms with Crippen LogP contribution in [-0.2, 0) is 9.53 Å². The van der Waals surface area contributed by atoms with Crippen LogP contribution in [0, 0.1) is 0 Å². The second-order valence-corrected chi connectivity index (χ2v) is 7.16. The van der Waals surface area contributed by atoms with Crippen molar-refractivity contribution >= 4 is 11.7 Å². The average Bonchev–Trinajstić information content (AvgIpc) is 3.13. The van der Waals surface area contributed by atoms with E-state index in [0.29, 0.717) is 25.5 Å². The van der Waals surface area contributed by atoms with Gasteiger partial charge in [-0.25, -0.2) is 4.99 Å². The van der Waals surface area contributed by atoms with Crippen molar-refractivity contribution in [1.82, 2.24) is 0 Å². The van der Waals surface area contributed by atoms with Crippen molar-refractivity contribution < 1.29 is 9.53 Å². The Morgan fingerprint density at radius 3 is 1.67 bits per heavy atom. The van der Waals surface area contributed by atoms with E-state index in [-0.39, 0.29) is 5.78 Å². The molecule has 1 rings (SSSR count). The molecule has 0 saturated carbocycles. The second-order valence-electron chi connectivity index (χ2n) is 7.16. The topological polar surface area (TPSA) is 38.7 Å². The van der Waals surface area contributed by atoms with E-state index in [1.54, 1.807) is 0 Å². The molecule has 0 N–H and O–H groups in total. The summed E-state index contributed by atoms with van der Waals surface area (Å²) in [7, 11) is 0. The molecule has 0 aromatic rings. The fourth-order valence-electron chi connectivity index (χ4n) is 3.27. The standard InChI is InChI=1S/C21H39NO2/c1-2-3-4-5-6-7-8-9-10-11-12-13-14-15-16-17-20(23)21-22-18-19-24-21/h2-19H2,1H3. The van der Waals surface area contributed by atoms with Crippen molar-refractivity contribution in [2.75, 3.05) is 13.2 Å². The summed E-state index contributed by atoms with van der Waals surface area (Å²) in [6.45, 7) is 3.51. The van der Waals surface area contributed by atoms with Gasteiger partial charge in [0.1, 0.15) is 6.61 Å². The van der Waals surface area contributed by atoms with Crippen LogP contribution >= 0.6 is 0 Å². The number of rotatable bonds is 17. The molecule has 0 fully saturated rings. The molecule has 1 aliphatic heterocycles. The summed E-state index contributed by atoms with van der Waals surface area (Å²) in [6.07, 6.45) is 20.9. The third-order valence-electron chi connectivity index (χ3n) is 4.83. The van der Waals surface area contributed by atoms with E-state index in [1.165, 1.54) is 83.5 Å². The number of carbonyl (C=O) groups is 1. The normalized spacial score (nSPS) is 13.8. The predicted molar refractivity (Wildman–Crippen MR) is 103 cm³/mol. The van der Waals surface area contributed by atoms with Crippen molar-refractivity contribution in [3.8, 4) is 0 Å². The van der Waals surface area contributed by atoms with E-state index >= 15 is 0 Å². The van der Waals surface area contributed by atoms with E-state index in [1.807, 2.05) is 0 Å². The van der Waals surface area contributed by atoms with Gasteiger partial charge in [-0.1, -0.05) is 96.8 Å². The molecule has 0 aliphatic carbocycles. The van der Waals surface area contributed by atoms with Gasteiger partial charge in [0.2, 0.25) is 5.78 Å². The first-order valence-corrected chi connectivity index (χ1v) is 10.5. The molecule has 1 aliphatic rings. The Balaban J connectivity index is 1.72. The molecule has 0 amide bonds. The highest BCUT2D eigenvalue weighted by Gasteiger charge is 2.15. The van der Waals surface area contributed by atoms with E-state index in [0.717, 1.165) is 12.8 Å². The number of Topliss-reactive ketones (excluding diaryl/α,β-unsaturated/α-hetero) is 1. The lowest BCUT2D eigenvalue weighted by Gasteiger charge is -2.03. The number of carbonyl (C=O) groups excluding carboxylic acids is 1. The molecule has 0 saturated heterocycles. The highest BCUT2D eigenvalue weighted by molar-refractivity contribution is 6.36. The largest absolute Gasteiger partial charge is 0.473 e. The quantitative estimate of drug-likeness (QED) is 0.294. The maximum absolute atomic E-state index is 11.7. The number of hydrogen-bond donors (Lipinski definition) is 0. The zero-order valence-electron chi connectivity index (χ0n) is 16.0. The molecule has 0 aromatic heterocycles. The first-order valence-electron chi connectivity index (χ1n) is 10.5. The van der Waals surface area contributed by atoms with Gasteiger partial charge >= 0.3 is 0 Å². The first kappa shape index (κ1) is 21.2. The molecule has 0 aromatic carbocycles. The van der Waals surface area contributed by atoms with E-state index in [4.69, 9.17) is 4.74 Å². The number of hydrogen-bond acceptors (Lipinski definition) is 3. The second kappa shape index (κ2) is 15.7. The highest BCUT2D eigenvalue weighted by Crippen LogP contribution is 2.14. The third-order valence-corrected chi connectivity index (χ3v) is 4.83. The van der Waals surface area contributed by atoms with Crippen LogP contribution in [0.15, 0.2) is 4.99 Å². The predicted octanol–water partition coefficient (Wildman–Crippen LogP) is 6.25. The molecular weight excluding hydrogens is 298 g/mol. The van der Waals surface area contributed by atoms with Gasteiger partial charge < -0.3 is 4.74 Å². The minimum absolute atomic E-state index is 0.0993. The van der Waals surface area contributed by atoms with Crippen molar-refractivity contribution in [3.63, 3.8) is 0 Å². The van der Waals surface area contributed by atoms with Crippen LogP contribution in [0.2, 0.25) is 0 Å². The van der Waals surface area contributed by atoms with Crippen LogP contribution in [0.4, 0.5) is 0 Å². The summed E-state index contributed by atoms with van der Waals surface area (Å²) in [6, 6.07) is 0. The summed E-state index contributed by atoms with van der Waals surface area (Å²) in [5, 5.41) is 0. The Hall–Kier alpha value is -0.860. The number of aliphatic imine (C=N–C) groups is 1. The highest BCUT2D eigenvalue weighted by atomic mass is 16.5. The molecule has 1 heterocycles. The first-order chi connectivity index (χ1) is 11.8. The molecule has 0 spiro atoms. The van der Waals surface area contributed by atoms with Gasteiger partial charge in [-0.3, -0.25) is 4.79 Å². The van der Waals surface area contributed by atoms with Gasteiger partial charge in [0.25, 0.3) is 5.90 Å². The van der Waals surface area contributed by atoms with E-state index in [2.05, 4.69) is 11.9 Å². The van der Waals surface area contributed by atoms with Crippen LogP contribution < -0.4 is 0 Å². The fraction of sp³-hybridized carbons (Fsp3) is 0.905. The van der Waals surface area contributed by atoms with Gasteiger partial charge in [0.15, 0.2) is 0 Å². The van der Waals surface area contributed by atoms with Crippen LogP contribution in [0.3, 0.4) is 0 Å². The summed E-state index contributed by atoms with van der Waals surface area (Å²) >= 11 is 0. The molecule has 24 heavy (non-hydrogen) atoms. The van der Waals surface area contributed by atoms with Crippen LogP contribution in [0.5, 0.6) is 0 Å². The lowest BCUT2D eigenvalue weighted by Crippen LogP contribution is -2.13. The maximum Gasteiger partial charge on any atom is 0.253 e.